The molecule has 0 bridgehead atoms. The molecule has 9 heteroatoms. The van der Waals surface area contributed by atoms with Gasteiger partial charge in [0.05, 0.1) is 4.92 Å². The van der Waals surface area contributed by atoms with Crippen LogP contribution in [0.5, 0.6) is 0 Å². The largest absolute Gasteiger partial charge is 0.362 e. The van der Waals surface area contributed by atoms with E-state index >= 15 is 0 Å². The molecule has 132 valence electrons. The highest BCUT2D eigenvalue weighted by Gasteiger charge is 2.34. The van der Waals surface area contributed by atoms with Crippen molar-refractivity contribution in [3.63, 3.8) is 0 Å². The lowest BCUT2D eigenvalue weighted by Gasteiger charge is -2.27. The molecule has 1 amide bonds. The van der Waals surface area contributed by atoms with Gasteiger partial charge in [-0.25, -0.2) is 0 Å². The summed E-state index contributed by atoms with van der Waals surface area (Å²) in [6, 6.07) is 12.4. The molecule has 0 aliphatic rings. The fourth-order valence-electron chi connectivity index (χ4n) is 1.97. The maximum absolute atomic E-state index is 12.3. The number of aryl methyl sites for hydroxylation is 1. The van der Waals surface area contributed by atoms with Gasteiger partial charge in [0.15, 0.2) is 0 Å². The van der Waals surface area contributed by atoms with Gasteiger partial charge in [0, 0.05) is 23.4 Å². The van der Waals surface area contributed by atoms with E-state index in [2.05, 4.69) is 10.6 Å². The Morgan fingerprint density at radius 2 is 1.64 bits per heavy atom. The molecule has 0 fully saturated rings. The van der Waals surface area contributed by atoms with Crippen molar-refractivity contribution < 1.29 is 9.72 Å². The van der Waals surface area contributed by atoms with Crippen LogP contribution in [-0.4, -0.2) is 20.8 Å². The minimum Gasteiger partial charge on any atom is -0.362 e. The third kappa shape index (κ3) is 5.49. The molecule has 2 aromatic rings. The molecule has 0 aromatic heterocycles. The topological polar surface area (TPSA) is 84.3 Å². The highest BCUT2D eigenvalue weighted by atomic mass is 35.6. The number of anilines is 1. The molecule has 2 N–H and O–H groups in total. The third-order valence-electron chi connectivity index (χ3n) is 3.31. The number of nitro groups is 1. The number of hydrogen-bond donors (Lipinski definition) is 2. The average molecular weight is 403 g/mol. The van der Waals surface area contributed by atoms with Crippen LogP contribution in [-0.2, 0) is 0 Å². The average Bonchev–Trinajstić information content (AvgIpc) is 2.54. The third-order valence-corrected chi connectivity index (χ3v) is 3.96. The van der Waals surface area contributed by atoms with Crippen LogP contribution >= 0.6 is 34.8 Å². The smallest absolute Gasteiger partial charge is 0.269 e. The Balaban J connectivity index is 2.15. The van der Waals surface area contributed by atoms with Crippen molar-refractivity contribution in [2.24, 2.45) is 0 Å². The lowest BCUT2D eigenvalue weighted by atomic mass is 10.1. The van der Waals surface area contributed by atoms with Gasteiger partial charge in [-0.15, -0.1) is 0 Å². The standard InChI is InChI=1S/C16H14Cl3N3O3/c1-10-2-4-11(5-3-10)14(23)21-15(16(17,18)19)20-12-6-8-13(9-7-12)22(24)25/h2-9,15,20H,1H3,(H,21,23). The number of nitro benzene ring substituents is 1. The summed E-state index contributed by atoms with van der Waals surface area (Å²) in [5.41, 5.74) is 1.81. The zero-order valence-corrected chi connectivity index (χ0v) is 15.3. The number of non-ortho nitro benzene ring substituents is 1. The first kappa shape index (κ1) is 19.3. The second kappa shape index (κ2) is 7.91. The summed E-state index contributed by atoms with van der Waals surface area (Å²) in [5.74, 6) is -0.425. The fourth-order valence-corrected chi connectivity index (χ4v) is 2.29. The van der Waals surface area contributed by atoms with Gasteiger partial charge in [0.2, 0.25) is 3.79 Å². The fraction of sp³-hybridized carbons (Fsp3) is 0.188. The molecule has 6 nitrogen and oxygen atoms in total. The molecule has 25 heavy (non-hydrogen) atoms. The number of halogens is 3. The number of alkyl halides is 3. The monoisotopic (exact) mass is 401 g/mol. The van der Waals surface area contributed by atoms with E-state index in [4.69, 9.17) is 34.8 Å². The minimum atomic E-state index is -1.85. The van der Waals surface area contributed by atoms with Gasteiger partial charge in [-0.1, -0.05) is 52.5 Å². The normalized spacial score (nSPS) is 12.3. The van der Waals surface area contributed by atoms with Crippen molar-refractivity contribution in [3.8, 4) is 0 Å². The number of benzene rings is 2. The summed E-state index contributed by atoms with van der Waals surface area (Å²) in [6.07, 6.45) is -1.05. The van der Waals surface area contributed by atoms with Gasteiger partial charge in [0.1, 0.15) is 6.17 Å². The number of carbonyl (C=O) groups excluding carboxylic acids is 1. The minimum absolute atomic E-state index is 0.0697. The van der Waals surface area contributed by atoms with Gasteiger partial charge in [-0.05, 0) is 31.2 Å². The van der Waals surface area contributed by atoms with Gasteiger partial charge < -0.3 is 10.6 Å². The van der Waals surface area contributed by atoms with Crippen molar-refractivity contribution in [2.75, 3.05) is 5.32 Å². The number of nitrogens with one attached hydrogen (secondary N) is 2. The second-order valence-electron chi connectivity index (χ2n) is 5.26. The van der Waals surface area contributed by atoms with Crippen LogP contribution in [0, 0.1) is 17.0 Å². The van der Waals surface area contributed by atoms with Crippen LogP contribution < -0.4 is 10.6 Å². The molecule has 0 aliphatic heterocycles. The first-order chi connectivity index (χ1) is 11.7. The zero-order chi connectivity index (χ0) is 18.6. The molecule has 0 spiro atoms. The van der Waals surface area contributed by atoms with Crippen LogP contribution in [0.2, 0.25) is 0 Å². The molecule has 1 atom stereocenters. The predicted octanol–water partition coefficient (Wildman–Crippen LogP) is 4.44. The Bertz CT molecular complexity index is 759. The van der Waals surface area contributed by atoms with E-state index in [1.807, 2.05) is 6.92 Å². The SMILES string of the molecule is Cc1ccc(C(=O)NC(Nc2ccc([N+](=O)[O-])cc2)C(Cl)(Cl)Cl)cc1. The summed E-state index contributed by atoms with van der Waals surface area (Å²) in [7, 11) is 0. The molecular weight excluding hydrogens is 389 g/mol. The summed E-state index contributed by atoms with van der Waals surface area (Å²) in [6.45, 7) is 1.90. The van der Waals surface area contributed by atoms with Crippen molar-refractivity contribution in [1.29, 1.82) is 0 Å². The van der Waals surface area contributed by atoms with Crippen LogP contribution in [0.25, 0.3) is 0 Å². The molecule has 0 radical (unpaired) electrons. The van der Waals surface area contributed by atoms with Crippen LogP contribution in [0.3, 0.4) is 0 Å². The maximum Gasteiger partial charge on any atom is 0.269 e. The number of rotatable bonds is 5. The van der Waals surface area contributed by atoms with Gasteiger partial charge in [-0.2, -0.15) is 0 Å². The van der Waals surface area contributed by atoms with Crippen LogP contribution in [0.1, 0.15) is 15.9 Å². The molecule has 0 saturated carbocycles. The Morgan fingerprint density at radius 3 is 2.12 bits per heavy atom. The molecule has 0 saturated heterocycles. The van der Waals surface area contributed by atoms with Crippen molar-refractivity contribution in [2.45, 2.75) is 16.9 Å². The number of carbonyl (C=O) groups is 1. The Morgan fingerprint density at radius 1 is 1.08 bits per heavy atom. The van der Waals surface area contributed by atoms with E-state index in [0.717, 1.165) is 5.56 Å². The summed E-state index contributed by atoms with van der Waals surface area (Å²) in [4.78, 5) is 22.5. The Labute approximate surface area is 159 Å². The molecular formula is C16H14Cl3N3O3. The summed E-state index contributed by atoms with van der Waals surface area (Å²) >= 11 is 17.8. The quantitative estimate of drug-likeness (QED) is 0.335. The van der Waals surface area contributed by atoms with E-state index in [1.165, 1.54) is 24.3 Å². The second-order valence-corrected chi connectivity index (χ2v) is 7.63. The first-order valence-corrected chi connectivity index (χ1v) is 8.25. The maximum atomic E-state index is 12.3. The van der Waals surface area contributed by atoms with E-state index < -0.39 is 20.8 Å². The lowest BCUT2D eigenvalue weighted by Crippen LogP contribution is -2.49. The van der Waals surface area contributed by atoms with Gasteiger partial charge in [0.25, 0.3) is 11.6 Å². The van der Waals surface area contributed by atoms with Gasteiger partial charge >= 0.3 is 0 Å². The molecule has 0 heterocycles. The number of nitrogens with zero attached hydrogens (tertiary/aromatic N) is 1. The first-order valence-electron chi connectivity index (χ1n) is 7.12. The number of amides is 1. The van der Waals surface area contributed by atoms with E-state index in [0.29, 0.717) is 11.3 Å². The highest BCUT2D eigenvalue weighted by Crippen LogP contribution is 2.31. The summed E-state index contributed by atoms with van der Waals surface area (Å²) < 4.78 is -1.85. The molecule has 2 aromatic carbocycles. The lowest BCUT2D eigenvalue weighted by molar-refractivity contribution is -0.384. The van der Waals surface area contributed by atoms with Crippen molar-refractivity contribution in [1.82, 2.24) is 5.32 Å². The van der Waals surface area contributed by atoms with Crippen LogP contribution in [0.15, 0.2) is 48.5 Å². The van der Waals surface area contributed by atoms with E-state index in [1.54, 1.807) is 24.3 Å². The molecule has 0 aliphatic carbocycles. The van der Waals surface area contributed by atoms with E-state index in [-0.39, 0.29) is 5.69 Å². The van der Waals surface area contributed by atoms with Crippen molar-refractivity contribution in [3.05, 3.63) is 69.8 Å². The molecule has 1 unspecified atom stereocenters. The van der Waals surface area contributed by atoms with Gasteiger partial charge in [-0.3, -0.25) is 14.9 Å². The Kier molecular flexibility index (Phi) is 6.11. The van der Waals surface area contributed by atoms with Crippen LogP contribution in [0.4, 0.5) is 11.4 Å². The molecule has 2 rings (SSSR count). The van der Waals surface area contributed by atoms with Crippen molar-refractivity contribution >= 4 is 52.1 Å². The summed E-state index contributed by atoms with van der Waals surface area (Å²) in [5, 5.41) is 16.1. The zero-order valence-electron chi connectivity index (χ0n) is 13.0. The predicted molar refractivity (Wildman–Crippen MR) is 99.4 cm³/mol. The van der Waals surface area contributed by atoms with E-state index in [9.17, 15) is 14.9 Å². The number of hydrogen-bond acceptors (Lipinski definition) is 4. The highest BCUT2D eigenvalue weighted by molar-refractivity contribution is 6.68. The Hall–Kier alpha value is -2.02.